The van der Waals surface area contributed by atoms with Crippen LogP contribution in [0.25, 0.3) is 0 Å². The number of hydrogen-bond acceptors (Lipinski definition) is 4. The number of esters is 1. The quantitative estimate of drug-likeness (QED) is 0.654. The molecule has 0 atom stereocenters. The van der Waals surface area contributed by atoms with Crippen LogP contribution in [0.4, 0.5) is 17.1 Å². The van der Waals surface area contributed by atoms with Gasteiger partial charge in [-0.25, -0.2) is 4.79 Å². The van der Waals surface area contributed by atoms with E-state index >= 15 is 0 Å². The monoisotopic (exact) mass is 256 g/mol. The molecule has 0 saturated carbocycles. The number of carbonyl (C=O) groups excluding carboxylic acids is 1. The minimum atomic E-state index is -0.439. The molecule has 0 heterocycles. The maximum atomic E-state index is 11.6. The van der Waals surface area contributed by atoms with Crippen molar-refractivity contribution >= 4 is 23.0 Å². The molecular weight excluding hydrogens is 240 g/mol. The molecule has 0 fully saturated rings. The lowest BCUT2D eigenvalue weighted by atomic mass is 10.1. The molecule has 0 aliphatic heterocycles. The Morgan fingerprint density at radius 2 is 1.95 bits per heavy atom. The predicted molar refractivity (Wildman–Crippen MR) is 76.7 cm³/mol. The number of methoxy groups -OCH3 is 1. The van der Waals surface area contributed by atoms with Crippen LogP contribution in [0.5, 0.6) is 0 Å². The minimum Gasteiger partial charge on any atom is -0.465 e. The van der Waals surface area contributed by atoms with Crippen LogP contribution in [-0.4, -0.2) is 13.1 Å². The summed E-state index contributed by atoms with van der Waals surface area (Å²) in [5.74, 6) is -0.439. The van der Waals surface area contributed by atoms with Gasteiger partial charge in [-0.3, -0.25) is 0 Å². The highest BCUT2D eigenvalue weighted by Gasteiger charge is 2.10. The van der Waals surface area contributed by atoms with Gasteiger partial charge in [0.05, 0.1) is 12.7 Å². The van der Waals surface area contributed by atoms with Crippen LogP contribution < -0.4 is 11.1 Å². The number of nitrogens with two attached hydrogens (primary N) is 1. The summed E-state index contributed by atoms with van der Waals surface area (Å²) in [6.45, 7) is 2.01. The van der Waals surface area contributed by atoms with Crippen molar-refractivity contribution in [1.29, 1.82) is 0 Å². The van der Waals surface area contributed by atoms with Crippen LogP contribution >= 0.6 is 0 Å². The molecule has 2 rings (SSSR count). The number of ether oxygens (including phenoxy) is 1. The van der Waals surface area contributed by atoms with E-state index in [4.69, 9.17) is 10.5 Å². The lowest BCUT2D eigenvalue weighted by Gasteiger charge is -2.11. The van der Waals surface area contributed by atoms with E-state index in [1.54, 1.807) is 12.1 Å². The molecule has 0 unspecified atom stereocenters. The van der Waals surface area contributed by atoms with Crippen molar-refractivity contribution in [3.8, 4) is 0 Å². The molecule has 0 bridgehead atoms. The molecule has 19 heavy (non-hydrogen) atoms. The topological polar surface area (TPSA) is 64.3 Å². The lowest BCUT2D eigenvalue weighted by molar-refractivity contribution is 0.0602. The Kier molecular flexibility index (Phi) is 3.71. The first kappa shape index (κ1) is 13.0. The second kappa shape index (κ2) is 5.44. The molecule has 4 heteroatoms. The van der Waals surface area contributed by atoms with E-state index in [1.165, 1.54) is 7.11 Å². The summed E-state index contributed by atoms with van der Waals surface area (Å²) < 4.78 is 4.70. The number of hydrogen-bond donors (Lipinski definition) is 2. The fourth-order valence-electron chi connectivity index (χ4n) is 1.79. The summed E-state index contributed by atoms with van der Waals surface area (Å²) >= 11 is 0. The molecule has 4 nitrogen and oxygen atoms in total. The summed E-state index contributed by atoms with van der Waals surface area (Å²) in [4.78, 5) is 11.6. The van der Waals surface area contributed by atoms with Crippen LogP contribution in [0.3, 0.4) is 0 Å². The average molecular weight is 256 g/mol. The number of nitrogens with one attached hydrogen (secondary N) is 1. The zero-order valence-electron chi connectivity index (χ0n) is 10.9. The Balaban J connectivity index is 2.32. The number of aryl methyl sites for hydroxylation is 1. The maximum Gasteiger partial charge on any atom is 0.340 e. The highest BCUT2D eigenvalue weighted by Crippen LogP contribution is 2.24. The van der Waals surface area contributed by atoms with Gasteiger partial charge in [0, 0.05) is 17.1 Å². The van der Waals surface area contributed by atoms with Crippen molar-refractivity contribution in [2.45, 2.75) is 6.92 Å². The highest BCUT2D eigenvalue weighted by atomic mass is 16.5. The first-order valence-electron chi connectivity index (χ1n) is 5.92. The van der Waals surface area contributed by atoms with E-state index in [1.807, 2.05) is 37.3 Å². The van der Waals surface area contributed by atoms with E-state index in [0.29, 0.717) is 11.3 Å². The van der Waals surface area contributed by atoms with Crippen molar-refractivity contribution in [3.05, 3.63) is 53.6 Å². The molecule has 0 aliphatic rings. The number of anilines is 3. The molecule has 0 spiro atoms. The zero-order chi connectivity index (χ0) is 13.8. The molecule has 98 valence electrons. The number of nitrogen functional groups attached to an aromatic ring is 1. The van der Waals surface area contributed by atoms with E-state index in [0.717, 1.165) is 16.9 Å². The van der Waals surface area contributed by atoms with Gasteiger partial charge < -0.3 is 15.8 Å². The Labute approximate surface area is 112 Å². The molecule has 0 radical (unpaired) electrons. The smallest absolute Gasteiger partial charge is 0.340 e. The van der Waals surface area contributed by atoms with Gasteiger partial charge in [0.15, 0.2) is 0 Å². The molecular formula is C15H16N2O2. The van der Waals surface area contributed by atoms with Crippen molar-refractivity contribution in [1.82, 2.24) is 0 Å². The van der Waals surface area contributed by atoms with Crippen molar-refractivity contribution in [2.24, 2.45) is 0 Å². The second-order valence-corrected chi connectivity index (χ2v) is 4.23. The third-order valence-electron chi connectivity index (χ3n) is 2.88. The standard InChI is InChI=1S/C15H16N2O2/c1-10-5-3-4-6-14(10)17-11-7-8-13(16)12(9-11)15(18)19-2/h3-9,17H,16H2,1-2H3. The Morgan fingerprint density at radius 1 is 1.21 bits per heavy atom. The van der Waals surface area contributed by atoms with Crippen LogP contribution in [0, 0.1) is 6.92 Å². The first-order chi connectivity index (χ1) is 9.11. The zero-order valence-corrected chi connectivity index (χ0v) is 10.9. The predicted octanol–water partition coefficient (Wildman–Crippen LogP) is 3.11. The lowest BCUT2D eigenvalue weighted by Crippen LogP contribution is -2.06. The van der Waals surface area contributed by atoms with Crippen LogP contribution in [0.15, 0.2) is 42.5 Å². The Hall–Kier alpha value is -2.49. The number of carbonyl (C=O) groups is 1. The third-order valence-corrected chi connectivity index (χ3v) is 2.88. The fraction of sp³-hybridized carbons (Fsp3) is 0.133. The maximum absolute atomic E-state index is 11.6. The minimum absolute atomic E-state index is 0.362. The average Bonchev–Trinajstić information content (AvgIpc) is 2.42. The Morgan fingerprint density at radius 3 is 2.63 bits per heavy atom. The molecule has 0 amide bonds. The van der Waals surface area contributed by atoms with Gasteiger partial charge in [-0.05, 0) is 36.8 Å². The molecule has 0 aliphatic carbocycles. The van der Waals surface area contributed by atoms with Gasteiger partial charge in [0.2, 0.25) is 0 Å². The molecule has 0 aromatic heterocycles. The molecule has 0 saturated heterocycles. The van der Waals surface area contributed by atoms with Crippen molar-refractivity contribution in [3.63, 3.8) is 0 Å². The number of rotatable bonds is 3. The van der Waals surface area contributed by atoms with Crippen LogP contribution in [0.2, 0.25) is 0 Å². The van der Waals surface area contributed by atoms with Crippen molar-refractivity contribution in [2.75, 3.05) is 18.2 Å². The van der Waals surface area contributed by atoms with Crippen LogP contribution in [0.1, 0.15) is 15.9 Å². The third kappa shape index (κ3) is 2.85. The normalized spacial score (nSPS) is 10.0. The van der Waals surface area contributed by atoms with Gasteiger partial charge in [-0.2, -0.15) is 0 Å². The van der Waals surface area contributed by atoms with Gasteiger partial charge in [0.25, 0.3) is 0 Å². The van der Waals surface area contributed by atoms with Crippen molar-refractivity contribution < 1.29 is 9.53 Å². The first-order valence-corrected chi connectivity index (χ1v) is 5.92. The number of para-hydroxylation sites is 1. The summed E-state index contributed by atoms with van der Waals surface area (Å²) in [5, 5.41) is 3.26. The van der Waals surface area contributed by atoms with Gasteiger partial charge in [-0.1, -0.05) is 18.2 Å². The summed E-state index contributed by atoms with van der Waals surface area (Å²) in [6.07, 6.45) is 0. The van der Waals surface area contributed by atoms with Gasteiger partial charge >= 0.3 is 5.97 Å². The summed E-state index contributed by atoms with van der Waals surface area (Å²) in [5.41, 5.74) is 9.44. The SMILES string of the molecule is COC(=O)c1cc(Nc2ccccc2C)ccc1N. The van der Waals surface area contributed by atoms with Gasteiger partial charge in [-0.15, -0.1) is 0 Å². The molecule has 2 aromatic rings. The number of benzene rings is 2. The van der Waals surface area contributed by atoms with E-state index < -0.39 is 5.97 Å². The summed E-state index contributed by atoms with van der Waals surface area (Å²) in [7, 11) is 1.34. The second-order valence-electron chi connectivity index (χ2n) is 4.23. The highest BCUT2D eigenvalue weighted by molar-refractivity contribution is 5.96. The van der Waals surface area contributed by atoms with Gasteiger partial charge in [0.1, 0.15) is 0 Å². The molecule has 2 aromatic carbocycles. The van der Waals surface area contributed by atoms with Crippen LogP contribution in [-0.2, 0) is 4.74 Å². The van der Waals surface area contributed by atoms with E-state index in [9.17, 15) is 4.79 Å². The summed E-state index contributed by atoms with van der Waals surface area (Å²) in [6, 6.07) is 13.1. The largest absolute Gasteiger partial charge is 0.465 e. The fourth-order valence-corrected chi connectivity index (χ4v) is 1.79. The Bertz CT molecular complexity index is 609. The molecule has 3 N–H and O–H groups in total. The van der Waals surface area contributed by atoms with E-state index in [-0.39, 0.29) is 0 Å². The van der Waals surface area contributed by atoms with E-state index in [2.05, 4.69) is 5.32 Å².